The van der Waals surface area contributed by atoms with E-state index in [4.69, 9.17) is 0 Å². The third-order valence-electron chi connectivity index (χ3n) is 3.86. The smallest absolute Gasteiger partial charge is 0.261 e. The molecule has 116 valence electrons. The number of fused-ring (bicyclic) bond motifs is 1. The van der Waals surface area contributed by atoms with E-state index in [1.807, 2.05) is 23.6 Å². The maximum Gasteiger partial charge on any atom is 0.261 e. The summed E-state index contributed by atoms with van der Waals surface area (Å²) in [5.41, 5.74) is 3.33. The summed E-state index contributed by atoms with van der Waals surface area (Å²) in [5, 5.41) is 14.9. The van der Waals surface area contributed by atoms with Crippen LogP contribution in [0, 0.1) is 0 Å². The molecular weight excluding hydrogens is 364 g/mol. The summed E-state index contributed by atoms with van der Waals surface area (Å²) in [4.78, 5) is 14.8. The van der Waals surface area contributed by atoms with Crippen molar-refractivity contribution in [3.63, 3.8) is 0 Å². The number of amides is 1. The highest BCUT2D eigenvalue weighted by atomic mass is 79.9. The zero-order chi connectivity index (χ0) is 15.7. The Morgan fingerprint density at radius 3 is 3.05 bits per heavy atom. The molecule has 6 heteroatoms. The van der Waals surface area contributed by atoms with Crippen molar-refractivity contribution in [1.29, 1.82) is 0 Å². The predicted molar refractivity (Wildman–Crippen MR) is 92.7 cm³/mol. The van der Waals surface area contributed by atoms with Crippen LogP contribution in [-0.2, 0) is 6.42 Å². The molecule has 3 rings (SSSR count). The minimum atomic E-state index is -0.691. The van der Waals surface area contributed by atoms with Crippen LogP contribution < -0.4 is 10.2 Å². The molecule has 0 radical (unpaired) electrons. The Kier molecular flexibility index (Phi) is 4.52. The molecule has 0 unspecified atom stereocenters. The quantitative estimate of drug-likeness (QED) is 0.856. The number of hydrogen-bond acceptors (Lipinski definition) is 4. The monoisotopic (exact) mass is 380 g/mol. The van der Waals surface area contributed by atoms with Gasteiger partial charge in [-0.15, -0.1) is 11.3 Å². The number of nitrogens with one attached hydrogen (secondary N) is 1. The van der Waals surface area contributed by atoms with E-state index in [1.165, 1.54) is 22.6 Å². The number of aliphatic hydroxyl groups is 1. The number of thiophene rings is 1. The number of halogens is 1. The molecule has 2 N–H and O–H groups in total. The maximum atomic E-state index is 12.0. The lowest BCUT2D eigenvalue weighted by Crippen LogP contribution is -2.27. The van der Waals surface area contributed by atoms with E-state index in [0.717, 1.165) is 23.0 Å². The van der Waals surface area contributed by atoms with Gasteiger partial charge in [0.05, 0.1) is 11.0 Å². The fraction of sp³-hybridized carbons (Fsp3) is 0.312. The molecule has 2 aromatic rings. The van der Waals surface area contributed by atoms with Gasteiger partial charge in [0.1, 0.15) is 0 Å². The average molecular weight is 381 g/mol. The van der Waals surface area contributed by atoms with Crippen LogP contribution in [0.2, 0.25) is 0 Å². The molecule has 0 bridgehead atoms. The molecule has 0 fully saturated rings. The standard InChI is InChI=1S/C16H17BrN2O2S/c1-19-5-4-10-6-11(2-3-13(10)19)14(20)8-18-16(21)15-7-12(17)9-22-15/h2-3,6-7,9,14,20H,4-5,8H2,1H3,(H,18,21)/t14-/m1/s1. The fourth-order valence-corrected chi connectivity index (χ4v) is 3.96. The van der Waals surface area contributed by atoms with Crippen LogP contribution in [-0.4, -0.2) is 31.2 Å². The highest BCUT2D eigenvalue weighted by Crippen LogP contribution is 2.29. The van der Waals surface area contributed by atoms with Crippen LogP contribution >= 0.6 is 27.3 Å². The summed E-state index contributed by atoms with van der Waals surface area (Å²) in [6, 6.07) is 7.79. The van der Waals surface area contributed by atoms with Crippen molar-refractivity contribution in [2.24, 2.45) is 0 Å². The summed E-state index contributed by atoms with van der Waals surface area (Å²) >= 11 is 4.70. The molecule has 0 spiro atoms. The van der Waals surface area contributed by atoms with Crippen LogP contribution in [0.3, 0.4) is 0 Å². The molecule has 2 heterocycles. The van der Waals surface area contributed by atoms with Crippen LogP contribution in [0.5, 0.6) is 0 Å². The molecule has 0 saturated heterocycles. The lowest BCUT2D eigenvalue weighted by Gasteiger charge is -2.15. The van der Waals surface area contributed by atoms with E-state index < -0.39 is 6.10 Å². The minimum Gasteiger partial charge on any atom is -0.387 e. The van der Waals surface area contributed by atoms with Crippen molar-refractivity contribution < 1.29 is 9.90 Å². The zero-order valence-corrected chi connectivity index (χ0v) is 14.6. The van der Waals surface area contributed by atoms with Crippen LogP contribution in [0.1, 0.15) is 26.9 Å². The van der Waals surface area contributed by atoms with Gasteiger partial charge in [-0.05, 0) is 45.6 Å². The van der Waals surface area contributed by atoms with Crippen molar-refractivity contribution >= 4 is 38.9 Å². The first-order chi connectivity index (χ1) is 10.5. The van der Waals surface area contributed by atoms with Gasteiger partial charge >= 0.3 is 0 Å². The van der Waals surface area contributed by atoms with Gasteiger partial charge < -0.3 is 15.3 Å². The Labute approximate surface area is 141 Å². The first kappa shape index (κ1) is 15.5. The van der Waals surface area contributed by atoms with Crippen LogP contribution in [0.4, 0.5) is 5.69 Å². The van der Waals surface area contributed by atoms with E-state index in [2.05, 4.69) is 33.2 Å². The Hall–Kier alpha value is -1.37. The minimum absolute atomic E-state index is 0.157. The second kappa shape index (κ2) is 6.40. The first-order valence-corrected chi connectivity index (χ1v) is 8.76. The average Bonchev–Trinajstić information content (AvgIpc) is 3.11. The van der Waals surface area contributed by atoms with Crippen LogP contribution in [0.15, 0.2) is 34.1 Å². The number of nitrogens with zero attached hydrogens (tertiary/aromatic N) is 1. The SMILES string of the molecule is CN1CCc2cc([C@H](O)CNC(=O)c3cc(Br)cs3)ccc21. The van der Waals surface area contributed by atoms with Gasteiger partial charge in [-0.1, -0.05) is 12.1 Å². The fourth-order valence-electron chi connectivity index (χ4n) is 2.62. The van der Waals surface area contributed by atoms with Crippen molar-refractivity contribution in [3.05, 3.63) is 50.1 Å². The number of benzene rings is 1. The predicted octanol–water partition coefficient (Wildman–Crippen LogP) is 2.97. The van der Waals surface area contributed by atoms with E-state index >= 15 is 0 Å². The van der Waals surface area contributed by atoms with E-state index in [0.29, 0.717) is 4.88 Å². The van der Waals surface area contributed by atoms with Crippen LogP contribution in [0.25, 0.3) is 0 Å². The molecule has 1 amide bonds. The molecule has 1 aliphatic heterocycles. The summed E-state index contributed by atoms with van der Waals surface area (Å²) in [6.45, 7) is 1.22. The van der Waals surface area contributed by atoms with Crippen molar-refractivity contribution in [1.82, 2.24) is 5.32 Å². The lowest BCUT2D eigenvalue weighted by atomic mass is 10.0. The third kappa shape index (κ3) is 3.19. The van der Waals surface area contributed by atoms with Gasteiger partial charge in [-0.3, -0.25) is 4.79 Å². The maximum absolute atomic E-state index is 12.0. The number of rotatable bonds is 4. The summed E-state index contributed by atoms with van der Waals surface area (Å²) in [7, 11) is 2.07. The molecule has 22 heavy (non-hydrogen) atoms. The van der Waals surface area contributed by atoms with E-state index in [1.54, 1.807) is 6.07 Å². The Bertz CT molecular complexity index is 701. The summed E-state index contributed by atoms with van der Waals surface area (Å²) < 4.78 is 0.894. The largest absolute Gasteiger partial charge is 0.387 e. The van der Waals surface area contributed by atoms with Crippen molar-refractivity contribution in [2.75, 3.05) is 25.0 Å². The molecule has 1 atom stereocenters. The highest BCUT2D eigenvalue weighted by Gasteiger charge is 2.18. The van der Waals surface area contributed by atoms with Gasteiger partial charge in [-0.2, -0.15) is 0 Å². The number of aliphatic hydroxyl groups excluding tert-OH is 1. The molecule has 0 saturated carbocycles. The number of hydrogen-bond donors (Lipinski definition) is 2. The van der Waals surface area contributed by atoms with Gasteiger partial charge in [0.15, 0.2) is 0 Å². The second-order valence-electron chi connectivity index (χ2n) is 5.41. The zero-order valence-electron chi connectivity index (χ0n) is 12.2. The van der Waals surface area contributed by atoms with Crippen molar-refractivity contribution in [2.45, 2.75) is 12.5 Å². The number of likely N-dealkylation sites (N-methyl/N-ethyl adjacent to an activating group) is 1. The molecule has 1 aliphatic rings. The topological polar surface area (TPSA) is 52.6 Å². The number of carbonyl (C=O) groups is 1. The number of carbonyl (C=O) groups excluding carboxylic acids is 1. The lowest BCUT2D eigenvalue weighted by molar-refractivity contribution is 0.0920. The molecule has 0 aliphatic carbocycles. The van der Waals surface area contributed by atoms with E-state index in [-0.39, 0.29) is 12.5 Å². The van der Waals surface area contributed by atoms with Crippen molar-refractivity contribution in [3.8, 4) is 0 Å². The third-order valence-corrected chi connectivity index (χ3v) is 5.55. The highest BCUT2D eigenvalue weighted by molar-refractivity contribution is 9.10. The molecular formula is C16H17BrN2O2S. The van der Waals surface area contributed by atoms with Gasteiger partial charge in [0.25, 0.3) is 5.91 Å². The molecule has 4 nitrogen and oxygen atoms in total. The van der Waals surface area contributed by atoms with Gasteiger partial charge in [0, 0.05) is 35.7 Å². The van der Waals surface area contributed by atoms with E-state index in [9.17, 15) is 9.90 Å². The second-order valence-corrected chi connectivity index (χ2v) is 7.24. The van der Waals surface area contributed by atoms with Gasteiger partial charge in [-0.25, -0.2) is 0 Å². The Balaban J connectivity index is 1.63. The molecule has 1 aromatic heterocycles. The molecule has 1 aromatic carbocycles. The normalized spacial score (nSPS) is 14.8. The Morgan fingerprint density at radius 2 is 2.32 bits per heavy atom. The van der Waals surface area contributed by atoms with Gasteiger partial charge in [0.2, 0.25) is 0 Å². The summed E-state index contributed by atoms with van der Waals surface area (Å²) in [5.74, 6) is -0.157. The number of anilines is 1. The first-order valence-electron chi connectivity index (χ1n) is 7.09. The Morgan fingerprint density at radius 1 is 1.50 bits per heavy atom. The summed E-state index contributed by atoms with van der Waals surface area (Å²) in [6.07, 6.45) is 0.311.